The predicted molar refractivity (Wildman–Crippen MR) is 203 cm³/mol. The minimum atomic E-state index is -2.14. The van der Waals surface area contributed by atoms with Crippen LogP contribution < -0.4 is 9.64 Å². The normalized spacial score (nSPS) is 31.6. The zero-order valence-electron chi connectivity index (χ0n) is 31.2. The van der Waals surface area contributed by atoms with Crippen LogP contribution >= 0.6 is 11.6 Å². The molecule has 1 spiro atoms. The van der Waals surface area contributed by atoms with Crippen molar-refractivity contribution in [3.05, 3.63) is 70.3 Å². The highest BCUT2D eigenvalue weighted by atomic mass is 35.5. The number of methoxy groups -OCH3 is 1. The van der Waals surface area contributed by atoms with Gasteiger partial charge in [0.25, 0.3) is 0 Å². The van der Waals surface area contributed by atoms with E-state index in [1.165, 1.54) is 18.2 Å². The molecule has 8 nitrogen and oxygen atoms in total. The van der Waals surface area contributed by atoms with E-state index < -0.39 is 19.9 Å². The average Bonchev–Trinajstić information content (AvgIpc) is 3.19. The number of anilines is 1. The van der Waals surface area contributed by atoms with Crippen LogP contribution in [-0.2, 0) is 36.2 Å². The summed E-state index contributed by atoms with van der Waals surface area (Å²) in [6, 6.07) is 11.8. The van der Waals surface area contributed by atoms with E-state index in [4.69, 9.17) is 25.5 Å². The van der Waals surface area contributed by atoms with Crippen molar-refractivity contribution >= 4 is 37.5 Å². The molecule has 10 heteroatoms. The van der Waals surface area contributed by atoms with E-state index in [1.54, 1.807) is 11.0 Å². The summed E-state index contributed by atoms with van der Waals surface area (Å²) in [5.41, 5.74) is 1.32. The summed E-state index contributed by atoms with van der Waals surface area (Å²) in [5, 5.41) is 13.0. The van der Waals surface area contributed by atoms with E-state index in [9.17, 15) is 14.7 Å². The Balaban J connectivity index is 1.33. The van der Waals surface area contributed by atoms with Gasteiger partial charge in [-0.1, -0.05) is 56.7 Å². The van der Waals surface area contributed by atoms with E-state index in [1.807, 2.05) is 18.2 Å². The Morgan fingerprint density at radius 3 is 2.61 bits per heavy atom. The number of benzene rings is 2. The van der Waals surface area contributed by atoms with Crippen LogP contribution in [0, 0.1) is 11.8 Å². The number of hydrogen-bond donors (Lipinski definition) is 1. The van der Waals surface area contributed by atoms with Gasteiger partial charge in [-0.3, -0.25) is 4.79 Å². The minimum absolute atomic E-state index is 0.00765. The lowest BCUT2D eigenvalue weighted by atomic mass is 9.68. The fraction of sp³-hybridized carbons (Fsp3) is 0.610. The molecule has 0 aromatic heterocycles. The Morgan fingerprint density at radius 2 is 1.92 bits per heavy atom. The molecule has 6 atom stereocenters. The fourth-order valence-corrected chi connectivity index (χ4v) is 10.3. The SMILES string of the molecule is COC(=O)[C@@]1(O)CC(=O)N2CC[C@@H]2C/C=C/[C@H](O[Si](C)(C)C(C)(C)C)[C@@H]2CC[C@H]2CN2C[C@@]3(CCCc4cc(Cl)ccc43)COc3ccc1cc32. The number of nitrogens with zero attached hydrogens (tertiary/aromatic N) is 2. The molecule has 2 fully saturated rings. The molecule has 7 rings (SSSR count). The van der Waals surface area contributed by atoms with Crippen LogP contribution in [0.5, 0.6) is 5.75 Å². The Morgan fingerprint density at radius 1 is 1.12 bits per heavy atom. The summed E-state index contributed by atoms with van der Waals surface area (Å²) in [7, 11) is -0.841. The number of aryl methyl sites for hydroxylation is 1. The molecule has 0 unspecified atom stereocenters. The lowest BCUT2D eigenvalue weighted by molar-refractivity contribution is -0.169. The maximum atomic E-state index is 13.8. The fourth-order valence-electron chi connectivity index (χ4n) is 8.86. The smallest absolute Gasteiger partial charge is 0.343 e. The van der Waals surface area contributed by atoms with Crippen molar-refractivity contribution in [2.75, 3.05) is 38.3 Å². The number of hydrogen-bond acceptors (Lipinski definition) is 7. The topological polar surface area (TPSA) is 88.5 Å². The zero-order chi connectivity index (χ0) is 36.3. The van der Waals surface area contributed by atoms with E-state index in [2.05, 4.69) is 63.0 Å². The van der Waals surface area contributed by atoms with Gasteiger partial charge in [-0.05, 0) is 116 Å². The first-order valence-electron chi connectivity index (χ1n) is 18.9. The van der Waals surface area contributed by atoms with E-state index in [0.29, 0.717) is 42.7 Å². The van der Waals surface area contributed by atoms with Gasteiger partial charge in [-0.25, -0.2) is 4.79 Å². The summed E-state index contributed by atoms with van der Waals surface area (Å²) in [5.74, 6) is 0.336. The monoisotopic (exact) mass is 734 g/mol. The van der Waals surface area contributed by atoms with Gasteiger partial charge in [0.15, 0.2) is 13.9 Å². The number of rotatable bonds is 3. The first-order chi connectivity index (χ1) is 24.1. The number of fused-ring (bicyclic) bond motifs is 5. The van der Waals surface area contributed by atoms with Crippen LogP contribution in [0.3, 0.4) is 0 Å². The molecule has 2 aromatic carbocycles. The Bertz CT molecular complexity index is 1710. The summed E-state index contributed by atoms with van der Waals surface area (Å²) in [6.07, 6.45) is 10.9. The number of carbonyl (C=O) groups is 2. The van der Waals surface area contributed by atoms with Crippen molar-refractivity contribution < 1.29 is 28.6 Å². The highest BCUT2D eigenvalue weighted by molar-refractivity contribution is 6.74. The third kappa shape index (κ3) is 6.66. The van der Waals surface area contributed by atoms with Gasteiger partial charge in [0, 0.05) is 36.1 Å². The predicted octanol–water partition coefficient (Wildman–Crippen LogP) is 7.54. The van der Waals surface area contributed by atoms with Gasteiger partial charge in [-0.15, -0.1) is 0 Å². The highest BCUT2D eigenvalue weighted by Crippen LogP contribution is 2.49. The number of ether oxygens (including phenoxy) is 2. The highest BCUT2D eigenvalue weighted by Gasteiger charge is 2.49. The van der Waals surface area contributed by atoms with Gasteiger partial charge in [0.2, 0.25) is 5.91 Å². The molecule has 3 aliphatic heterocycles. The second-order valence-corrected chi connectivity index (χ2v) is 22.5. The van der Waals surface area contributed by atoms with Crippen molar-refractivity contribution in [3.63, 3.8) is 0 Å². The Hall–Kier alpha value is -2.85. The third-order valence-corrected chi connectivity index (χ3v) is 17.9. The van der Waals surface area contributed by atoms with E-state index >= 15 is 0 Å². The lowest BCUT2D eigenvalue weighted by Gasteiger charge is -2.48. The van der Waals surface area contributed by atoms with E-state index in [0.717, 1.165) is 62.3 Å². The molecular formula is C41H55ClN2O6Si. The van der Waals surface area contributed by atoms with Crippen LogP contribution in [0.2, 0.25) is 23.2 Å². The molecular weight excluding hydrogens is 680 g/mol. The molecule has 5 aliphatic rings. The van der Waals surface area contributed by atoms with Gasteiger partial charge < -0.3 is 28.8 Å². The molecule has 51 heavy (non-hydrogen) atoms. The van der Waals surface area contributed by atoms with Crippen molar-refractivity contribution in [2.45, 2.75) is 113 Å². The van der Waals surface area contributed by atoms with Gasteiger partial charge >= 0.3 is 5.97 Å². The molecule has 276 valence electrons. The maximum Gasteiger partial charge on any atom is 0.343 e. The standard InChI is InChI=1S/C41H55ClN2O6Si/c1-39(2,3)51(5,6)50-35-11-7-10-31-18-20-44(31)37(45)23-41(47,38(46)48-4)29-13-17-36-34(22-29)43(24-28-12-15-32(28)35)25-40(26-49-36)19-8-9-27-21-30(42)14-16-33(27)40/h7,11,13-14,16-17,21-22,28,31-32,35,47H,8-10,12,15,18-20,23-26H2,1-6H3/b11-7+/t28-,31-,32+,35-,40-,41+/m0/s1. The van der Waals surface area contributed by atoms with Gasteiger partial charge in [-0.2, -0.15) is 0 Å². The molecule has 1 amide bonds. The largest absolute Gasteiger partial charge is 0.490 e. The van der Waals surface area contributed by atoms with Gasteiger partial charge in [0.1, 0.15) is 5.75 Å². The molecule has 1 saturated heterocycles. The molecule has 2 aromatic rings. The van der Waals surface area contributed by atoms with Crippen molar-refractivity contribution in [1.29, 1.82) is 0 Å². The summed E-state index contributed by atoms with van der Waals surface area (Å²) < 4.78 is 19.1. The van der Waals surface area contributed by atoms with E-state index in [-0.39, 0.29) is 34.9 Å². The summed E-state index contributed by atoms with van der Waals surface area (Å²) in [4.78, 5) is 31.5. The van der Waals surface area contributed by atoms with Crippen LogP contribution in [0.25, 0.3) is 0 Å². The second kappa shape index (κ2) is 13.5. The average molecular weight is 735 g/mol. The van der Waals surface area contributed by atoms with Crippen molar-refractivity contribution in [1.82, 2.24) is 4.90 Å². The van der Waals surface area contributed by atoms with Crippen LogP contribution in [0.1, 0.15) is 82.4 Å². The molecule has 2 aliphatic carbocycles. The molecule has 1 saturated carbocycles. The number of halogens is 1. The first-order valence-corrected chi connectivity index (χ1v) is 22.2. The summed E-state index contributed by atoms with van der Waals surface area (Å²) >= 11 is 6.50. The lowest BCUT2D eigenvalue weighted by Crippen LogP contribution is -2.54. The number of aliphatic hydroxyl groups is 1. The van der Waals surface area contributed by atoms with Crippen molar-refractivity contribution in [2.24, 2.45) is 11.8 Å². The molecule has 3 heterocycles. The molecule has 1 N–H and O–H groups in total. The number of carbonyl (C=O) groups excluding carboxylic acids is 2. The van der Waals surface area contributed by atoms with Crippen LogP contribution in [0.15, 0.2) is 48.6 Å². The maximum absolute atomic E-state index is 13.8. The zero-order valence-corrected chi connectivity index (χ0v) is 32.9. The van der Waals surface area contributed by atoms with Gasteiger partial charge in [0.05, 0.1) is 31.9 Å². The number of amides is 1. The molecule has 0 radical (unpaired) electrons. The van der Waals surface area contributed by atoms with Crippen molar-refractivity contribution in [3.8, 4) is 5.75 Å². The van der Waals surface area contributed by atoms with Crippen LogP contribution in [0.4, 0.5) is 5.69 Å². The minimum Gasteiger partial charge on any atom is -0.490 e. The quantitative estimate of drug-likeness (QED) is 0.198. The first kappa shape index (κ1) is 36.5. The van der Waals surface area contributed by atoms with Crippen LogP contribution in [-0.4, -0.2) is 75.7 Å². The Kier molecular flexibility index (Phi) is 9.68. The Labute approximate surface area is 309 Å². The molecule has 2 bridgehead atoms. The summed E-state index contributed by atoms with van der Waals surface area (Å²) in [6.45, 7) is 14.2. The number of esters is 1. The third-order valence-electron chi connectivity index (χ3n) is 13.2. The second-order valence-electron chi connectivity index (χ2n) is 17.4.